The van der Waals surface area contributed by atoms with Gasteiger partial charge >= 0.3 is 0 Å². The Kier molecular flexibility index (Phi) is 4.51. The number of halogens is 1. The summed E-state index contributed by atoms with van der Waals surface area (Å²) >= 11 is 0. The number of carbonyl (C=O) groups is 1. The molecule has 9 heteroatoms. The normalized spacial score (nSPS) is 30.9. The molecule has 1 N–H and O–H groups in total. The third kappa shape index (κ3) is 3.77. The number of hydrogen-bond donors (Lipinski definition) is 1. The van der Waals surface area contributed by atoms with Crippen molar-refractivity contribution in [2.75, 3.05) is 27.1 Å². The van der Waals surface area contributed by atoms with E-state index in [-0.39, 0.29) is 47.4 Å². The van der Waals surface area contributed by atoms with Gasteiger partial charge in [0, 0.05) is 51.4 Å². The van der Waals surface area contributed by atoms with Crippen LogP contribution in [0.5, 0.6) is 11.5 Å². The Balaban J connectivity index is 1.35. The van der Waals surface area contributed by atoms with Gasteiger partial charge in [-0.25, -0.2) is 4.39 Å². The van der Waals surface area contributed by atoms with E-state index in [0.29, 0.717) is 42.5 Å². The first-order valence-corrected chi connectivity index (χ1v) is 13.0. The molecule has 1 spiro atoms. The quantitative estimate of drug-likeness (QED) is 0.649. The number of hydrogen-bond acceptors (Lipinski definition) is 6. The fourth-order valence-corrected chi connectivity index (χ4v) is 6.07. The molecule has 1 aromatic heterocycles. The largest absolute Gasteiger partial charge is 0.446 e. The van der Waals surface area contributed by atoms with Gasteiger partial charge in [0.1, 0.15) is 6.10 Å². The average Bonchev–Trinajstić information content (AvgIpc) is 3.64. The van der Waals surface area contributed by atoms with Crippen LogP contribution in [-0.4, -0.2) is 65.8 Å². The molecule has 204 valence electrons. The Morgan fingerprint density at radius 2 is 1.97 bits per heavy atom. The first-order chi connectivity index (χ1) is 19.9. The number of aryl methyl sites for hydroxylation is 2. The highest BCUT2D eigenvalue weighted by atomic mass is 19.1. The molecule has 0 bridgehead atoms. The van der Waals surface area contributed by atoms with Crippen molar-refractivity contribution in [3.8, 4) is 11.5 Å². The van der Waals surface area contributed by atoms with E-state index in [1.165, 1.54) is 11.9 Å². The van der Waals surface area contributed by atoms with E-state index in [1.807, 2.05) is 0 Å². The Hall–Kier alpha value is -2.91. The van der Waals surface area contributed by atoms with Crippen LogP contribution in [-0.2, 0) is 16.7 Å². The number of nitrogens with zero attached hydrogens (tertiary/aromatic N) is 2. The summed E-state index contributed by atoms with van der Waals surface area (Å²) in [6.45, 7) is 2.03. The van der Waals surface area contributed by atoms with E-state index < -0.39 is 48.1 Å². The Morgan fingerprint density at radius 3 is 2.61 bits per heavy atom. The standard InChI is InChI=1S/C29H36FN3O5/c1-15-11-16(2)31-26(34)19(15)12-33-14-29(9-10-29)22-21(27(33)35)17(3)24-25(23(22)30)38-28(4,37-24)20-8-7-18(13-36-20)32(5)6/h11,18,20H,7-10,12-14H2,1-6H3,(H,31,34)/t18-,20+,28-/m1/s1/i5D3,14D2. The average molecular weight is 531 g/mol. The first-order valence-electron chi connectivity index (χ1n) is 15.5. The van der Waals surface area contributed by atoms with Crippen LogP contribution in [0.2, 0.25) is 0 Å². The number of ether oxygens (including phenoxy) is 3. The van der Waals surface area contributed by atoms with Crippen LogP contribution >= 0.6 is 0 Å². The molecule has 1 saturated heterocycles. The van der Waals surface area contributed by atoms with Crippen molar-refractivity contribution in [3.05, 3.63) is 55.7 Å². The van der Waals surface area contributed by atoms with Crippen molar-refractivity contribution < 1.29 is 30.2 Å². The second-order valence-electron chi connectivity index (χ2n) is 11.3. The van der Waals surface area contributed by atoms with Crippen LogP contribution in [0.25, 0.3) is 0 Å². The van der Waals surface area contributed by atoms with Gasteiger partial charge in [-0.05, 0) is 72.1 Å². The molecular formula is C29H36FN3O5. The Labute approximate surface area is 229 Å². The first kappa shape index (κ1) is 20.1. The molecule has 0 unspecified atom stereocenters. The second-order valence-corrected chi connectivity index (χ2v) is 11.3. The summed E-state index contributed by atoms with van der Waals surface area (Å²) in [4.78, 5) is 32.0. The number of pyridine rings is 1. The fraction of sp³-hybridized carbons (Fsp3) is 0.586. The lowest BCUT2D eigenvalue weighted by molar-refractivity contribution is -0.191. The van der Waals surface area contributed by atoms with E-state index in [4.69, 9.17) is 21.1 Å². The minimum absolute atomic E-state index is 0.0127. The monoisotopic (exact) mass is 530 g/mol. The highest BCUT2D eigenvalue weighted by Gasteiger charge is 2.57. The molecule has 38 heavy (non-hydrogen) atoms. The number of benzene rings is 1. The molecule has 1 saturated carbocycles. The number of nitrogens with one attached hydrogen (secondary N) is 1. The molecule has 3 aliphatic heterocycles. The number of likely N-dealkylation sites (N-methyl/N-ethyl adjacent to an activating group) is 1. The van der Waals surface area contributed by atoms with E-state index in [9.17, 15) is 9.59 Å². The molecule has 6 rings (SSSR count). The zero-order valence-electron chi connectivity index (χ0n) is 27.3. The van der Waals surface area contributed by atoms with Gasteiger partial charge in [0.15, 0.2) is 11.6 Å². The number of aromatic amines is 1. The summed E-state index contributed by atoms with van der Waals surface area (Å²) in [5, 5.41) is 0. The third-order valence-electron chi connectivity index (χ3n) is 8.43. The van der Waals surface area contributed by atoms with Crippen molar-refractivity contribution in [2.24, 2.45) is 0 Å². The third-order valence-corrected chi connectivity index (χ3v) is 8.43. The number of H-pyrrole nitrogens is 1. The van der Waals surface area contributed by atoms with Gasteiger partial charge in [0.2, 0.25) is 5.75 Å². The lowest BCUT2D eigenvalue weighted by Gasteiger charge is -2.38. The van der Waals surface area contributed by atoms with Crippen molar-refractivity contribution in [1.29, 1.82) is 0 Å². The van der Waals surface area contributed by atoms with Crippen LogP contribution in [0, 0.1) is 26.6 Å². The lowest BCUT2D eigenvalue weighted by Crippen LogP contribution is -2.53. The molecule has 1 amide bonds. The van der Waals surface area contributed by atoms with E-state index in [0.717, 1.165) is 4.90 Å². The highest BCUT2D eigenvalue weighted by molar-refractivity contribution is 6.00. The molecule has 2 fully saturated rings. The SMILES string of the molecule is [2H]C([2H])([2H])N(C)[C@@H]1CC[C@@H]([C@]2(C)Oc3c(C)c4c(c(F)c3O2)C2(CC2)C([2H])([2H])N(Cc2c(C)cc(C)[nH]c2=O)C4=O)OC1. The van der Waals surface area contributed by atoms with Gasteiger partial charge in [-0.15, -0.1) is 0 Å². The second kappa shape index (κ2) is 8.55. The van der Waals surface area contributed by atoms with Gasteiger partial charge < -0.3 is 29.0 Å². The number of fused-ring (bicyclic) bond motifs is 3. The molecule has 8 nitrogen and oxygen atoms in total. The van der Waals surface area contributed by atoms with Crippen molar-refractivity contribution >= 4 is 5.91 Å². The molecule has 3 atom stereocenters. The minimum atomic E-state index is -2.28. The fourth-order valence-electron chi connectivity index (χ4n) is 6.07. The Bertz CT molecular complexity index is 1580. The molecule has 2 aromatic rings. The van der Waals surface area contributed by atoms with E-state index in [1.54, 1.807) is 33.8 Å². The molecule has 0 radical (unpaired) electrons. The van der Waals surface area contributed by atoms with Gasteiger partial charge in [-0.1, -0.05) is 0 Å². The van der Waals surface area contributed by atoms with Crippen molar-refractivity contribution in [3.63, 3.8) is 0 Å². The maximum atomic E-state index is 16.5. The predicted molar refractivity (Wildman–Crippen MR) is 139 cm³/mol. The highest BCUT2D eigenvalue weighted by Crippen LogP contribution is 2.59. The van der Waals surface area contributed by atoms with Crippen LogP contribution in [0.3, 0.4) is 0 Å². The molecule has 1 aliphatic carbocycles. The molecule has 4 aliphatic rings. The van der Waals surface area contributed by atoms with Crippen molar-refractivity contribution in [1.82, 2.24) is 14.8 Å². The predicted octanol–water partition coefficient (Wildman–Crippen LogP) is 3.72. The zero-order chi connectivity index (χ0) is 31.4. The molecular weight excluding hydrogens is 489 g/mol. The van der Waals surface area contributed by atoms with Gasteiger partial charge in [-0.3, -0.25) is 9.59 Å². The molecule has 1 aromatic carbocycles. The number of aromatic nitrogens is 1. The Morgan fingerprint density at radius 1 is 1.24 bits per heavy atom. The van der Waals surface area contributed by atoms with Crippen LogP contribution in [0.1, 0.15) is 77.8 Å². The summed E-state index contributed by atoms with van der Waals surface area (Å²) in [6.07, 6.45) is 0.862. The van der Waals surface area contributed by atoms with Crippen LogP contribution in [0.15, 0.2) is 10.9 Å². The van der Waals surface area contributed by atoms with E-state index >= 15 is 4.39 Å². The minimum Gasteiger partial charge on any atom is -0.446 e. The topological polar surface area (TPSA) is 84.1 Å². The lowest BCUT2D eigenvalue weighted by atomic mass is 9.83. The summed E-state index contributed by atoms with van der Waals surface area (Å²) in [5.41, 5.74) is 0.192. The van der Waals surface area contributed by atoms with Gasteiger partial charge in [-0.2, -0.15) is 0 Å². The maximum absolute atomic E-state index is 16.5. The van der Waals surface area contributed by atoms with Crippen molar-refractivity contribution in [2.45, 2.75) is 83.3 Å². The van der Waals surface area contributed by atoms with Gasteiger partial charge in [0.05, 0.1) is 21.5 Å². The van der Waals surface area contributed by atoms with Crippen LogP contribution < -0.4 is 15.0 Å². The molecule has 4 heterocycles. The maximum Gasteiger partial charge on any atom is 0.275 e. The number of amides is 1. The van der Waals surface area contributed by atoms with Crippen LogP contribution in [0.4, 0.5) is 4.39 Å². The summed E-state index contributed by atoms with van der Waals surface area (Å²) in [6, 6.07) is 1.43. The summed E-state index contributed by atoms with van der Waals surface area (Å²) in [7, 11) is 1.52. The zero-order valence-corrected chi connectivity index (χ0v) is 22.3. The number of carbonyl (C=O) groups excluding carboxylic acids is 1. The van der Waals surface area contributed by atoms with Gasteiger partial charge in [0.25, 0.3) is 17.3 Å². The summed E-state index contributed by atoms with van der Waals surface area (Å²) in [5.74, 6) is -3.13. The number of rotatable bonds is 4. The summed E-state index contributed by atoms with van der Waals surface area (Å²) < 4.78 is 76.1. The van der Waals surface area contributed by atoms with E-state index in [2.05, 4.69) is 4.98 Å². The smallest absolute Gasteiger partial charge is 0.275 e.